The largest absolute Gasteiger partial charge is 0.480 e. The summed E-state index contributed by atoms with van der Waals surface area (Å²) in [6, 6.07) is 15.4. The second-order valence-corrected chi connectivity index (χ2v) is 7.33. The van der Waals surface area contributed by atoms with Crippen LogP contribution in [0.5, 0.6) is 0 Å². The first-order valence-corrected chi connectivity index (χ1v) is 9.49. The number of aliphatic carboxylic acids is 1. The maximum atomic E-state index is 12.3. The molecule has 5 heteroatoms. The maximum Gasteiger partial charge on any atom is 0.407 e. The molecule has 0 heterocycles. The topological polar surface area (TPSA) is 75.6 Å². The number of carboxylic acids is 1. The standard InChI is InChI=1S/C22H23NO4/c24-21(25)20(14-7-1-2-8-14)23-22(26)27-13-19-17-11-5-3-9-15(17)16-10-4-6-12-18(16)19/h3-6,9-12,14,19-20H,1-2,7-8,13H2,(H,23,26)(H,24,25)/t20-/m1/s1. The van der Waals surface area contributed by atoms with E-state index < -0.39 is 18.1 Å². The van der Waals surface area contributed by atoms with Gasteiger partial charge in [-0.15, -0.1) is 0 Å². The lowest BCUT2D eigenvalue weighted by Crippen LogP contribution is -2.45. The van der Waals surface area contributed by atoms with Crippen molar-refractivity contribution in [2.24, 2.45) is 5.92 Å². The SMILES string of the molecule is O=C(N[C@@H](C(=O)O)C1CCCC1)OCC1c2ccccc2-c2ccccc21. The molecule has 1 fully saturated rings. The van der Waals surface area contributed by atoms with Crippen molar-refractivity contribution in [3.05, 3.63) is 59.7 Å². The zero-order valence-electron chi connectivity index (χ0n) is 15.1. The fraction of sp³-hybridized carbons (Fsp3) is 0.364. The van der Waals surface area contributed by atoms with Crippen LogP contribution in [0.3, 0.4) is 0 Å². The average Bonchev–Trinajstić information content (AvgIpc) is 3.31. The number of hydrogen-bond donors (Lipinski definition) is 2. The fourth-order valence-corrected chi connectivity index (χ4v) is 4.44. The number of nitrogens with one attached hydrogen (secondary N) is 1. The van der Waals surface area contributed by atoms with E-state index in [1.165, 1.54) is 0 Å². The van der Waals surface area contributed by atoms with Crippen LogP contribution in [-0.2, 0) is 9.53 Å². The molecule has 2 N–H and O–H groups in total. The number of carbonyl (C=O) groups excluding carboxylic acids is 1. The molecular formula is C22H23NO4. The molecule has 1 saturated carbocycles. The molecule has 0 spiro atoms. The first-order valence-electron chi connectivity index (χ1n) is 9.49. The van der Waals surface area contributed by atoms with E-state index >= 15 is 0 Å². The van der Waals surface area contributed by atoms with Crippen LogP contribution in [0.15, 0.2) is 48.5 Å². The highest BCUT2D eigenvalue weighted by Crippen LogP contribution is 2.44. The van der Waals surface area contributed by atoms with Crippen molar-refractivity contribution in [3.8, 4) is 11.1 Å². The number of ether oxygens (including phenoxy) is 1. The van der Waals surface area contributed by atoms with E-state index in [2.05, 4.69) is 29.6 Å². The van der Waals surface area contributed by atoms with Crippen molar-refractivity contribution < 1.29 is 19.4 Å². The van der Waals surface area contributed by atoms with Gasteiger partial charge in [-0.1, -0.05) is 61.4 Å². The molecule has 0 radical (unpaired) electrons. The van der Waals surface area contributed by atoms with Crippen molar-refractivity contribution >= 4 is 12.1 Å². The molecule has 2 aromatic carbocycles. The first kappa shape index (κ1) is 17.6. The van der Waals surface area contributed by atoms with Crippen LogP contribution in [0.2, 0.25) is 0 Å². The molecule has 140 valence electrons. The molecule has 1 amide bonds. The summed E-state index contributed by atoms with van der Waals surface area (Å²) in [6.07, 6.45) is 3.04. The molecule has 2 aliphatic rings. The van der Waals surface area contributed by atoms with Crippen molar-refractivity contribution in [2.45, 2.75) is 37.6 Å². The van der Waals surface area contributed by atoms with E-state index in [9.17, 15) is 14.7 Å². The van der Waals surface area contributed by atoms with Gasteiger partial charge in [0.05, 0.1) is 0 Å². The maximum absolute atomic E-state index is 12.3. The van der Waals surface area contributed by atoms with E-state index in [1.807, 2.05) is 24.3 Å². The lowest BCUT2D eigenvalue weighted by molar-refractivity contribution is -0.140. The van der Waals surface area contributed by atoms with Crippen molar-refractivity contribution in [3.63, 3.8) is 0 Å². The summed E-state index contributed by atoms with van der Waals surface area (Å²) < 4.78 is 5.47. The minimum absolute atomic E-state index is 0.0111. The van der Waals surface area contributed by atoms with Gasteiger partial charge in [-0.05, 0) is 41.0 Å². The average molecular weight is 365 g/mol. The molecule has 0 aliphatic heterocycles. The number of rotatable bonds is 5. The summed E-state index contributed by atoms with van der Waals surface area (Å²) in [5.74, 6) is -1.03. The van der Waals surface area contributed by atoms with Crippen molar-refractivity contribution in [2.75, 3.05) is 6.61 Å². The fourth-order valence-electron chi connectivity index (χ4n) is 4.44. The number of alkyl carbamates (subject to hydrolysis) is 1. The minimum Gasteiger partial charge on any atom is -0.480 e. The quantitative estimate of drug-likeness (QED) is 0.834. The van der Waals surface area contributed by atoms with Crippen molar-refractivity contribution in [1.29, 1.82) is 0 Å². The third kappa shape index (κ3) is 3.42. The summed E-state index contributed by atoms with van der Waals surface area (Å²) >= 11 is 0. The van der Waals surface area contributed by atoms with Crippen LogP contribution in [-0.4, -0.2) is 29.8 Å². The Morgan fingerprint density at radius 1 is 1.00 bits per heavy atom. The number of amides is 1. The zero-order valence-corrected chi connectivity index (χ0v) is 15.1. The van der Waals surface area contributed by atoms with Gasteiger partial charge in [0.1, 0.15) is 12.6 Å². The smallest absolute Gasteiger partial charge is 0.407 e. The Kier molecular flexibility index (Phi) is 4.84. The number of benzene rings is 2. The molecule has 5 nitrogen and oxygen atoms in total. The Morgan fingerprint density at radius 3 is 2.11 bits per heavy atom. The Morgan fingerprint density at radius 2 is 1.56 bits per heavy atom. The predicted octanol–water partition coefficient (Wildman–Crippen LogP) is 4.17. The number of carboxylic acid groups (broad SMARTS) is 1. The molecule has 27 heavy (non-hydrogen) atoms. The Hall–Kier alpha value is -2.82. The van der Waals surface area contributed by atoms with E-state index in [0.29, 0.717) is 0 Å². The summed E-state index contributed by atoms with van der Waals surface area (Å²) in [5, 5.41) is 12.0. The first-order chi connectivity index (χ1) is 13.1. The van der Waals surface area contributed by atoms with Crippen LogP contribution in [0.4, 0.5) is 4.79 Å². The van der Waals surface area contributed by atoms with E-state index in [0.717, 1.165) is 47.9 Å². The second kappa shape index (κ2) is 7.43. The zero-order chi connectivity index (χ0) is 18.8. The number of fused-ring (bicyclic) bond motifs is 3. The molecule has 0 bridgehead atoms. The molecule has 0 saturated heterocycles. The molecule has 1 atom stereocenters. The van der Waals surface area contributed by atoms with E-state index in [-0.39, 0.29) is 18.4 Å². The normalized spacial score (nSPS) is 17.2. The highest BCUT2D eigenvalue weighted by Gasteiger charge is 2.33. The van der Waals surface area contributed by atoms with Crippen LogP contribution < -0.4 is 5.32 Å². The van der Waals surface area contributed by atoms with E-state index in [1.54, 1.807) is 0 Å². The third-order valence-electron chi connectivity index (χ3n) is 5.75. The van der Waals surface area contributed by atoms with Gasteiger partial charge in [0.15, 0.2) is 0 Å². The molecule has 2 aliphatic carbocycles. The molecule has 0 unspecified atom stereocenters. The van der Waals surface area contributed by atoms with Gasteiger partial charge < -0.3 is 15.2 Å². The van der Waals surface area contributed by atoms with E-state index in [4.69, 9.17) is 4.74 Å². The molecule has 2 aromatic rings. The molecule has 0 aromatic heterocycles. The summed E-state index contributed by atoms with van der Waals surface area (Å²) in [4.78, 5) is 23.8. The minimum atomic E-state index is -0.990. The Balaban J connectivity index is 1.45. The summed E-state index contributed by atoms with van der Waals surface area (Å²) in [6.45, 7) is 0.191. The van der Waals surface area contributed by atoms with Crippen molar-refractivity contribution in [1.82, 2.24) is 5.32 Å². The lowest BCUT2D eigenvalue weighted by atomic mass is 9.98. The summed E-state index contributed by atoms with van der Waals surface area (Å²) in [5.41, 5.74) is 4.60. The van der Waals surface area contributed by atoms with Crippen LogP contribution in [0.1, 0.15) is 42.7 Å². The lowest BCUT2D eigenvalue weighted by Gasteiger charge is -2.21. The van der Waals surface area contributed by atoms with Gasteiger partial charge in [0, 0.05) is 5.92 Å². The van der Waals surface area contributed by atoms with Gasteiger partial charge in [-0.2, -0.15) is 0 Å². The van der Waals surface area contributed by atoms with Crippen LogP contribution >= 0.6 is 0 Å². The number of hydrogen-bond acceptors (Lipinski definition) is 3. The highest BCUT2D eigenvalue weighted by molar-refractivity contribution is 5.81. The van der Waals surface area contributed by atoms with Crippen LogP contribution in [0.25, 0.3) is 11.1 Å². The van der Waals surface area contributed by atoms with Gasteiger partial charge in [-0.3, -0.25) is 0 Å². The third-order valence-corrected chi connectivity index (χ3v) is 5.75. The molecular weight excluding hydrogens is 342 g/mol. The Labute approximate surface area is 158 Å². The van der Waals surface area contributed by atoms with Gasteiger partial charge in [0.2, 0.25) is 0 Å². The van der Waals surface area contributed by atoms with Gasteiger partial charge in [-0.25, -0.2) is 9.59 Å². The number of carbonyl (C=O) groups is 2. The Bertz CT molecular complexity index is 811. The molecule has 4 rings (SSSR count). The monoisotopic (exact) mass is 365 g/mol. The predicted molar refractivity (Wildman–Crippen MR) is 102 cm³/mol. The highest BCUT2D eigenvalue weighted by atomic mass is 16.5. The second-order valence-electron chi connectivity index (χ2n) is 7.33. The van der Waals surface area contributed by atoms with Gasteiger partial charge >= 0.3 is 12.1 Å². The van der Waals surface area contributed by atoms with Crippen LogP contribution in [0, 0.1) is 5.92 Å². The van der Waals surface area contributed by atoms with Gasteiger partial charge in [0.25, 0.3) is 0 Å². The summed E-state index contributed by atoms with van der Waals surface area (Å²) in [7, 11) is 0.